The van der Waals surface area contributed by atoms with Crippen LogP contribution in [-0.4, -0.2) is 45.1 Å². The Balaban J connectivity index is 2.04. The van der Waals surface area contributed by atoms with Crippen molar-refractivity contribution in [3.05, 3.63) is 53.6 Å². The summed E-state index contributed by atoms with van der Waals surface area (Å²) < 4.78 is 20.8. The van der Waals surface area contributed by atoms with Crippen LogP contribution in [0.4, 0.5) is 0 Å². The summed E-state index contributed by atoms with van der Waals surface area (Å²) in [5, 5.41) is 9.59. The first kappa shape index (κ1) is 22.5. The molecule has 0 unspecified atom stereocenters. The van der Waals surface area contributed by atoms with Gasteiger partial charge in [-0.05, 0) is 47.5 Å². The van der Waals surface area contributed by atoms with Crippen molar-refractivity contribution in [2.75, 3.05) is 28.4 Å². The Morgan fingerprint density at radius 3 is 1.77 bits per heavy atom. The number of methoxy groups -OCH3 is 4. The van der Waals surface area contributed by atoms with Gasteiger partial charge in [0.2, 0.25) is 5.75 Å². The van der Waals surface area contributed by atoms with Gasteiger partial charge < -0.3 is 24.1 Å². The van der Waals surface area contributed by atoms with Crippen molar-refractivity contribution >= 4 is 23.7 Å². The minimum atomic E-state index is -0.346. The maximum absolute atomic E-state index is 12.1. The van der Waals surface area contributed by atoms with Gasteiger partial charge in [0.15, 0.2) is 34.6 Å². The van der Waals surface area contributed by atoms with Gasteiger partial charge in [0, 0.05) is 0 Å². The number of ketones is 2. The molecule has 0 heterocycles. The van der Waals surface area contributed by atoms with E-state index in [0.29, 0.717) is 34.1 Å². The second-order valence-corrected chi connectivity index (χ2v) is 6.17. The number of ether oxygens (including phenoxy) is 4. The van der Waals surface area contributed by atoms with Gasteiger partial charge >= 0.3 is 0 Å². The van der Waals surface area contributed by atoms with Gasteiger partial charge in [-0.3, -0.25) is 9.59 Å². The quantitative estimate of drug-likeness (QED) is 0.470. The van der Waals surface area contributed by atoms with Crippen LogP contribution in [-0.2, 0) is 9.59 Å². The first-order valence-corrected chi connectivity index (χ1v) is 9.00. The molecule has 0 aliphatic rings. The predicted octanol–water partition coefficient (Wildman–Crippen LogP) is 3.68. The molecule has 7 heteroatoms. The van der Waals surface area contributed by atoms with Crippen molar-refractivity contribution in [1.82, 2.24) is 0 Å². The average molecular weight is 412 g/mol. The molecule has 158 valence electrons. The summed E-state index contributed by atoms with van der Waals surface area (Å²) in [5.41, 5.74) is 1.33. The Bertz CT molecular complexity index is 949. The fourth-order valence-corrected chi connectivity index (χ4v) is 2.66. The predicted molar refractivity (Wildman–Crippen MR) is 113 cm³/mol. The molecular weight excluding hydrogens is 388 g/mol. The molecule has 2 aromatic rings. The SMILES string of the molecule is COc1cc(/C=C/C(=O)CC(=O)/C=C/c2cc(OC)c(OC)c(OC)c2)ccc1O. The number of allylic oxidation sites excluding steroid dienone is 2. The van der Waals surface area contributed by atoms with Crippen molar-refractivity contribution in [1.29, 1.82) is 0 Å². The number of hydrogen-bond donors (Lipinski definition) is 1. The van der Waals surface area contributed by atoms with E-state index in [2.05, 4.69) is 0 Å². The summed E-state index contributed by atoms with van der Waals surface area (Å²) in [6, 6.07) is 8.09. The van der Waals surface area contributed by atoms with Crippen LogP contribution in [0.3, 0.4) is 0 Å². The van der Waals surface area contributed by atoms with Crippen molar-refractivity contribution in [3.63, 3.8) is 0 Å². The van der Waals surface area contributed by atoms with E-state index in [1.165, 1.54) is 46.7 Å². The van der Waals surface area contributed by atoms with Gasteiger partial charge in [0.1, 0.15) is 0 Å². The van der Waals surface area contributed by atoms with Gasteiger partial charge in [0.05, 0.1) is 34.9 Å². The molecule has 0 aliphatic heterocycles. The third-order valence-corrected chi connectivity index (χ3v) is 4.16. The van der Waals surface area contributed by atoms with Gasteiger partial charge in [-0.1, -0.05) is 18.2 Å². The molecule has 30 heavy (non-hydrogen) atoms. The van der Waals surface area contributed by atoms with Crippen LogP contribution in [0.1, 0.15) is 17.5 Å². The van der Waals surface area contributed by atoms with Crippen LogP contribution in [0.25, 0.3) is 12.2 Å². The van der Waals surface area contributed by atoms with Crippen LogP contribution in [0.5, 0.6) is 28.7 Å². The van der Waals surface area contributed by atoms with E-state index in [0.717, 1.165) is 0 Å². The van der Waals surface area contributed by atoms with Crippen molar-refractivity contribution < 1.29 is 33.6 Å². The summed E-state index contributed by atoms with van der Waals surface area (Å²) in [7, 11) is 5.95. The molecule has 0 fully saturated rings. The molecule has 1 N–H and O–H groups in total. The van der Waals surface area contributed by atoms with Crippen LogP contribution >= 0.6 is 0 Å². The topological polar surface area (TPSA) is 91.3 Å². The Hall–Kier alpha value is -3.74. The first-order chi connectivity index (χ1) is 14.4. The second-order valence-electron chi connectivity index (χ2n) is 6.17. The summed E-state index contributed by atoms with van der Waals surface area (Å²) >= 11 is 0. The lowest BCUT2D eigenvalue weighted by Gasteiger charge is -2.12. The minimum Gasteiger partial charge on any atom is -0.504 e. The standard InChI is InChI=1S/C23H24O7/c1-27-20-11-15(7-10-19(20)26)5-8-17(24)14-18(25)9-6-16-12-21(28-2)23(30-4)22(13-16)29-3/h5-13,26H,14H2,1-4H3/b8-5+,9-6+. The Kier molecular flexibility index (Phi) is 8.05. The van der Waals surface area contributed by atoms with E-state index in [4.69, 9.17) is 18.9 Å². The van der Waals surface area contributed by atoms with Crippen LogP contribution in [0, 0.1) is 0 Å². The van der Waals surface area contributed by atoms with E-state index in [9.17, 15) is 14.7 Å². The van der Waals surface area contributed by atoms with Crippen molar-refractivity contribution in [2.45, 2.75) is 6.42 Å². The van der Waals surface area contributed by atoms with Crippen LogP contribution in [0.15, 0.2) is 42.5 Å². The highest BCUT2D eigenvalue weighted by Crippen LogP contribution is 2.38. The Morgan fingerprint density at radius 2 is 1.27 bits per heavy atom. The minimum absolute atomic E-state index is 0.00749. The molecule has 0 amide bonds. The monoisotopic (exact) mass is 412 g/mol. The number of benzene rings is 2. The number of carbonyl (C=O) groups excluding carboxylic acids is 2. The first-order valence-electron chi connectivity index (χ1n) is 9.00. The number of carbonyl (C=O) groups is 2. The highest BCUT2D eigenvalue weighted by molar-refractivity contribution is 6.10. The van der Waals surface area contributed by atoms with Gasteiger partial charge in [-0.25, -0.2) is 0 Å². The van der Waals surface area contributed by atoms with Crippen LogP contribution < -0.4 is 18.9 Å². The highest BCUT2D eigenvalue weighted by Gasteiger charge is 2.12. The number of phenolic OH excluding ortho intramolecular Hbond substituents is 1. The fraction of sp³-hybridized carbons (Fsp3) is 0.217. The fourth-order valence-electron chi connectivity index (χ4n) is 2.66. The zero-order valence-electron chi connectivity index (χ0n) is 17.3. The number of hydrogen-bond acceptors (Lipinski definition) is 7. The molecule has 2 aromatic carbocycles. The smallest absolute Gasteiger partial charge is 0.203 e. The van der Waals surface area contributed by atoms with Gasteiger partial charge in [-0.2, -0.15) is 0 Å². The third kappa shape index (κ3) is 5.88. The lowest BCUT2D eigenvalue weighted by molar-refractivity contribution is -0.121. The molecule has 0 bridgehead atoms. The third-order valence-electron chi connectivity index (χ3n) is 4.16. The molecule has 7 nitrogen and oxygen atoms in total. The molecule has 0 saturated carbocycles. The van der Waals surface area contributed by atoms with E-state index < -0.39 is 0 Å². The summed E-state index contributed by atoms with van der Waals surface area (Å²) in [6.45, 7) is 0. The van der Waals surface area contributed by atoms with Crippen molar-refractivity contribution in [3.8, 4) is 28.7 Å². The Morgan fingerprint density at radius 1 is 0.767 bits per heavy atom. The lowest BCUT2D eigenvalue weighted by atomic mass is 10.1. The molecule has 0 aliphatic carbocycles. The van der Waals surface area contributed by atoms with Gasteiger partial charge in [-0.15, -0.1) is 0 Å². The molecular formula is C23H24O7. The maximum Gasteiger partial charge on any atom is 0.203 e. The maximum atomic E-state index is 12.1. The molecule has 0 aromatic heterocycles. The average Bonchev–Trinajstić information content (AvgIpc) is 2.76. The van der Waals surface area contributed by atoms with E-state index in [-0.39, 0.29) is 23.7 Å². The summed E-state index contributed by atoms with van der Waals surface area (Å²) in [5.74, 6) is 1.000. The van der Waals surface area contributed by atoms with E-state index >= 15 is 0 Å². The zero-order valence-corrected chi connectivity index (χ0v) is 17.3. The zero-order chi connectivity index (χ0) is 22.1. The molecule has 0 atom stereocenters. The largest absolute Gasteiger partial charge is 0.504 e. The van der Waals surface area contributed by atoms with Crippen LogP contribution in [0.2, 0.25) is 0 Å². The number of phenols is 1. The summed E-state index contributed by atoms with van der Waals surface area (Å²) in [4.78, 5) is 24.2. The van der Waals surface area contributed by atoms with Crippen molar-refractivity contribution in [2.24, 2.45) is 0 Å². The number of rotatable bonds is 10. The Labute approximate surface area is 175 Å². The normalized spacial score (nSPS) is 10.9. The summed E-state index contributed by atoms with van der Waals surface area (Å²) in [6.07, 6.45) is 5.51. The second kappa shape index (κ2) is 10.7. The molecule has 0 saturated heterocycles. The lowest BCUT2D eigenvalue weighted by Crippen LogP contribution is -2.02. The molecule has 0 spiro atoms. The highest BCUT2D eigenvalue weighted by atomic mass is 16.5. The van der Waals surface area contributed by atoms with E-state index in [1.807, 2.05) is 0 Å². The number of aromatic hydroxyl groups is 1. The molecule has 0 radical (unpaired) electrons. The van der Waals surface area contributed by atoms with E-state index in [1.54, 1.807) is 36.4 Å². The molecule has 2 rings (SSSR count). The van der Waals surface area contributed by atoms with Gasteiger partial charge in [0.25, 0.3) is 0 Å².